The van der Waals surface area contributed by atoms with E-state index in [2.05, 4.69) is 15.5 Å². The summed E-state index contributed by atoms with van der Waals surface area (Å²) in [5.74, 6) is 0.513. The second-order valence-corrected chi connectivity index (χ2v) is 6.89. The number of carbonyl (C=O) groups is 1. The number of amides is 2. The number of aliphatic hydroxyl groups excluding tert-OH is 1. The first kappa shape index (κ1) is 14.7. The van der Waals surface area contributed by atoms with Gasteiger partial charge in [-0.3, -0.25) is 5.32 Å². The van der Waals surface area contributed by atoms with Gasteiger partial charge in [0.1, 0.15) is 5.01 Å². The molecule has 1 aliphatic heterocycles. The van der Waals surface area contributed by atoms with Crippen LogP contribution in [0.1, 0.15) is 55.9 Å². The first-order chi connectivity index (χ1) is 10.3. The SMILES string of the molecule is O=C(Nc1nnc(C2CCCCC2)s1)N1CCC[C@H]1CO. The molecule has 0 unspecified atom stereocenters. The molecule has 1 aromatic rings. The van der Waals surface area contributed by atoms with Gasteiger partial charge in [0.05, 0.1) is 12.6 Å². The molecule has 0 bridgehead atoms. The monoisotopic (exact) mass is 310 g/mol. The number of nitrogens with zero attached hydrogens (tertiary/aromatic N) is 3. The van der Waals surface area contributed by atoms with Crippen molar-refractivity contribution < 1.29 is 9.90 Å². The third-order valence-electron chi connectivity index (χ3n) is 4.46. The molecule has 21 heavy (non-hydrogen) atoms. The van der Waals surface area contributed by atoms with Gasteiger partial charge in [-0.05, 0) is 25.7 Å². The van der Waals surface area contributed by atoms with Crippen molar-refractivity contribution in [1.29, 1.82) is 0 Å². The van der Waals surface area contributed by atoms with Crippen LogP contribution in [-0.2, 0) is 0 Å². The Balaban J connectivity index is 1.60. The Hall–Kier alpha value is -1.21. The molecule has 7 heteroatoms. The van der Waals surface area contributed by atoms with E-state index in [9.17, 15) is 9.90 Å². The number of likely N-dealkylation sites (tertiary alicyclic amines) is 1. The number of aromatic nitrogens is 2. The summed E-state index contributed by atoms with van der Waals surface area (Å²) in [5.41, 5.74) is 0. The second-order valence-electron chi connectivity index (χ2n) is 5.88. The first-order valence-electron chi connectivity index (χ1n) is 7.80. The predicted molar refractivity (Wildman–Crippen MR) is 81.6 cm³/mol. The van der Waals surface area contributed by atoms with Gasteiger partial charge in [-0.1, -0.05) is 30.6 Å². The molecule has 1 saturated heterocycles. The van der Waals surface area contributed by atoms with Crippen molar-refractivity contribution in [3.05, 3.63) is 5.01 Å². The molecular weight excluding hydrogens is 288 g/mol. The molecule has 116 valence electrons. The number of nitrogens with one attached hydrogen (secondary N) is 1. The van der Waals surface area contributed by atoms with Gasteiger partial charge in [-0.25, -0.2) is 4.79 Å². The van der Waals surface area contributed by atoms with E-state index in [-0.39, 0.29) is 18.7 Å². The minimum absolute atomic E-state index is 0.0247. The lowest BCUT2D eigenvalue weighted by Crippen LogP contribution is -2.40. The van der Waals surface area contributed by atoms with Gasteiger partial charge < -0.3 is 10.0 Å². The Labute approximate surface area is 128 Å². The van der Waals surface area contributed by atoms with Gasteiger partial charge >= 0.3 is 6.03 Å². The highest BCUT2D eigenvalue weighted by atomic mass is 32.1. The summed E-state index contributed by atoms with van der Waals surface area (Å²) in [6.45, 7) is 0.724. The van der Waals surface area contributed by atoms with Crippen LogP contribution in [0.4, 0.5) is 9.93 Å². The number of hydrogen-bond donors (Lipinski definition) is 2. The van der Waals surface area contributed by atoms with Crippen LogP contribution in [0.2, 0.25) is 0 Å². The molecule has 6 nitrogen and oxygen atoms in total. The molecule has 2 N–H and O–H groups in total. The highest BCUT2D eigenvalue weighted by Gasteiger charge is 2.29. The highest BCUT2D eigenvalue weighted by molar-refractivity contribution is 7.15. The molecule has 0 aromatic carbocycles. The van der Waals surface area contributed by atoms with E-state index in [0.717, 1.165) is 17.8 Å². The Kier molecular flexibility index (Phi) is 4.70. The van der Waals surface area contributed by atoms with E-state index in [4.69, 9.17) is 0 Å². The molecule has 1 saturated carbocycles. The third kappa shape index (κ3) is 3.35. The van der Waals surface area contributed by atoms with Gasteiger partial charge in [-0.15, -0.1) is 10.2 Å². The van der Waals surface area contributed by atoms with Crippen molar-refractivity contribution in [3.8, 4) is 0 Å². The standard InChI is InChI=1S/C14H22N4O2S/c19-9-11-7-4-8-18(11)14(20)15-13-17-16-12(21-13)10-5-2-1-3-6-10/h10-11,19H,1-9H2,(H,15,17,20)/t11-/m0/s1. The van der Waals surface area contributed by atoms with Crippen molar-refractivity contribution in [2.45, 2.75) is 56.9 Å². The predicted octanol–water partition coefficient (Wildman–Crippen LogP) is 2.57. The maximum atomic E-state index is 12.2. The number of urea groups is 1. The Morgan fingerprint density at radius 1 is 1.24 bits per heavy atom. The summed E-state index contributed by atoms with van der Waals surface area (Å²) in [6.07, 6.45) is 8.02. The van der Waals surface area contributed by atoms with Gasteiger partial charge in [0.15, 0.2) is 0 Å². The maximum Gasteiger partial charge on any atom is 0.324 e. The fraction of sp³-hybridized carbons (Fsp3) is 0.786. The summed E-state index contributed by atoms with van der Waals surface area (Å²) in [4.78, 5) is 13.9. The number of rotatable bonds is 3. The van der Waals surface area contributed by atoms with Crippen LogP contribution in [-0.4, -0.2) is 45.4 Å². The van der Waals surface area contributed by atoms with E-state index in [0.29, 0.717) is 17.6 Å². The Bertz CT molecular complexity index is 487. The number of hydrogen-bond acceptors (Lipinski definition) is 5. The average molecular weight is 310 g/mol. The normalized spacial score (nSPS) is 23.5. The van der Waals surface area contributed by atoms with Crippen molar-refractivity contribution in [2.24, 2.45) is 0 Å². The van der Waals surface area contributed by atoms with Gasteiger partial charge in [0.2, 0.25) is 5.13 Å². The zero-order valence-corrected chi connectivity index (χ0v) is 12.9. The molecule has 0 spiro atoms. The van der Waals surface area contributed by atoms with Gasteiger partial charge in [0.25, 0.3) is 0 Å². The zero-order chi connectivity index (χ0) is 14.7. The lowest BCUT2D eigenvalue weighted by Gasteiger charge is -2.22. The third-order valence-corrected chi connectivity index (χ3v) is 5.46. The average Bonchev–Trinajstić information content (AvgIpc) is 3.16. The molecule has 0 radical (unpaired) electrons. The molecule has 2 heterocycles. The quantitative estimate of drug-likeness (QED) is 0.899. The summed E-state index contributed by atoms with van der Waals surface area (Å²) >= 11 is 1.49. The second kappa shape index (κ2) is 6.70. The Morgan fingerprint density at radius 2 is 2.05 bits per heavy atom. The van der Waals surface area contributed by atoms with Gasteiger partial charge in [0, 0.05) is 12.5 Å². The smallest absolute Gasteiger partial charge is 0.324 e. The minimum Gasteiger partial charge on any atom is -0.394 e. The fourth-order valence-electron chi connectivity index (χ4n) is 3.26. The van der Waals surface area contributed by atoms with Crippen molar-refractivity contribution in [1.82, 2.24) is 15.1 Å². The van der Waals surface area contributed by atoms with Crippen LogP contribution in [0.3, 0.4) is 0 Å². The van der Waals surface area contributed by atoms with E-state index in [1.54, 1.807) is 4.90 Å². The van der Waals surface area contributed by atoms with Gasteiger partial charge in [-0.2, -0.15) is 0 Å². The number of aliphatic hydroxyl groups is 1. The topological polar surface area (TPSA) is 78.4 Å². The maximum absolute atomic E-state index is 12.2. The summed E-state index contributed by atoms with van der Waals surface area (Å²) < 4.78 is 0. The molecule has 1 aliphatic carbocycles. The first-order valence-corrected chi connectivity index (χ1v) is 8.61. The van der Waals surface area contributed by atoms with E-state index in [1.807, 2.05) is 0 Å². The Morgan fingerprint density at radius 3 is 2.81 bits per heavy atom. The number of anilines is 1. The van der Waals surface area contributed by atoms with Crippen molar-refractivity contribution >= 4 is 22.5 Å². The van der Waals surface area contributed by atoms with E-state index in [1.165, 1.54) is 43.4 Å². The summed E-state index contributed by atoms with van der Waals surface area (Å²) in [7, 11) is 0. The fourth-order valence-corrected chi connectivity index (χ4v) is 4.16. The summed E-state index contributed by atoms with van der Waals surface area (Å²) in [5, 5.41) is 22.1. The molecule has 1 aromatic heterocycles. The van der Waals surface area contributed by atoms with Crippen molar-refractivity contribution in [3.63, 3.8) is 0 Å². The van der Waals surface area contributed by atoms with E-state index < -0.39 is 0 Å². The molecular formula is C14H22N4O2S. The van der Waals surface area contributed by atoms with E-state index >= 15 is 0 Å². The molecule has 2 amide bonds. The molecule has 3 rings (SSSR count). The van der Waals surface area contributed by atoms with Crippen LogP contribution in [0.15, 0.2) is 0 Å². The largest absolute Gasteiger partial charge is 0.394 e. The molecule has 2 fully saturated rings. The van der Waals surface area contributed by atoms with Crippen LogP contribution in [0, 0.1) is 0 Å². The zero-order valence-electron chi connectivity index (χ0n) is 12.1. The van der Waals surface area contributed by atoms with Crippen LogP contribution in [0.5, 0.6) is 0 Å². The van der Waals surface area contributed by atoms with Crippen LogP contribution < -0.4 is 5.32 Å². The van der Waals surface area contributed by atoms with Crippen LogP contribution in [0.25, 0.3) is 0 Å². The lowest BCUT2D eigenvalue weighted by atomic mass is 9.90. The lowest BCUT2D eigenvalue weighted by molar-refractivity contribution is 0.166. The van der Waals surface area contributed by atoms with Crippen molar-refractivity contribution in [2.75, 3.05) is 18.5 Å². The van der Waals surface area contributed by atoms with Crippen LogP contribution >= 0.6 is 11.3 Å². The number of carbonyl (C=O) groups excluding carboxylic acids is 1. The summed E-state index contributed by atoms with van der Waals surface area (Å²) in [6, 6.07) is -0.228. The molecule has 2 aliphatic rings. The highest BCUT2D eigenvalue weighted by Crippen LogP contribution is 2.35. The molecule has 1 atom stereocenters. The minimum atomic E-state index is -0.169.